The van der Waals surface area contributed by atoms with E-state index in [-0.39, 0.29) is 11.3 Å². The molecule has 0 aliphatic heterocycles. The van der Waals surface area contributed by atoms with Gasteiger partial charge < -0.3 is 10.6 Å². The van der Waals surface area contributed by atoms with E-state index in [4.69, 9.17) is 0 Å². The number of fused-ring (bicyclic) bond motifs is 2. The van der Waals surface area contributed by atoms with Gasteiger partial charge in [-0.1, -0.05) is 84.9 Å². The molecule has 0 radical (unpaired) electrons. The highest BCUT2D eigenvalue weighted by atomic mass is 16.2. The minimum absolute atomic E-state index is 0.185. The fourth-order valence-electron chi connectivity index (χ4n) is 4.14. The Hall–Kier alpha value is -4.97. The van der Waals surface area contributed by atoms with Crippen LogP contribution in [0.5, 0.6) is 0 Å². The second-order valence-electron chi connectivity index (χ2n) is 7.93. The molecule has 5 aromatic carbocycles. The van der Waals surface area contributed by atoms with Gasteiger partial charge in [0.15, 0.2) is 0 Å². The maximum atomic E-state index is 13.7. The zero-order valence-electron chi connectivity index (χ0n) is 18.6. The fourth-order valence-corrected chi connectivity index (χ4v) is 4.14. The molecule has 0 bridgehead atoms. The van der Waals surface area contributed by atoms with Crippen LogP contribution >= 0.6 is 0 Å². The molecule has 0 saturated carbocycles. The van der Waals surface area contributed by atoms with Crippen LogP contribution < -0.4 is 15.5 Å². The Morgan fingerprint density at radius 2 is 1.26 bits per heavy atom. The Bertz CT molecular complexity index is 1560. The molecule has 0 atom stereocenters. The highest BCUT2D eigenvalue weighted by Gasteiger charge is 2.24. The zero-order chi connectivity index (χ0) is 24.2. The van der Waals surface area contributed by atoms with Crippen molar-refractivity contribution >= 4 is 57.0 Å². The van der Waals surface area contributed by atoms with Crippen molar-refractivity contribution in [2.24, 2.45) is 0 Å². The van der Waals surface area contributed by atoms with Crippen molar-refractivity contribution in [2.75, 3.05) is 15.5 Å². The van der Waals surface area contributed by atoms with Gasteiger partial charge in [0.05, 0.1) is 11.3 Å². The molecule has 0 aromatic heterocycles. The lowest BCUT2D eigenvalue weighted by Gasteiger charge is -2.21. The number of hydrogen-bond acceptors (Lipinski definition) is 3. The molecule has 5 rings (SSSR count). The lowest BCUT2D eigenvalue weighted by atomic mass is 10.0. The van der Waals surface area contributed by atoms with E-state index in [2.05, 4.69) is 10.6 Å². The first-order chi connectivity index (χ1) is 17.2. The standard InChI is InChI=1S/C29H21N3O3/c33-19-32(29(35)30-22-12-2-1-3-13-22)26-18-17-21-10-5-7-15-24(21)27(26)28(34)31-25-16-8-11-20-9-4-6-14-23(20)25/h1-19H,(H,30,35)(H,31,34). The quantitative estimate of drug-likeness (QED) is 0.297. The van der Waals surface area contributed by atoms with Gasteiger partial charge in [-0.2, -0.15) is 0 Å². The molecular weight excluding hydrogens is 438 g/mol. The minimum Gasteiger partial charge on any atom is -0.321 e. The van der Waals surface area contributed by atoms with Gasteiger partial charge in [-0.15, -0.1) is 0 Å². The van der Waals surface area contributed by atoms with E-state index < -0.39 is 11.9 Å². The average Bonchev–Trinajstić information content (AvgIpc) is 2.89. The highest BCUT2D eigenvalue weighted by Crippen LogP contribution is 2.31. The van der Waals surface area contributed by atoms with Crippen LogP contribution in [0.4, 0.5) is 21.9 Å². The molecule has 0 aliphatic carbocycles. The number of imide groups is 1. The molecular formula is C29H21N3O3. The SMILES string of the molecule is O=CN(C(=O)Nc1ccccc1)c1ccc2ccccc2c1C(=O)Nc1cccc2ccccc12. The van der Waals surface area contributed by atoms with Crippen molar-refractivity contribution in [3.63, 3.8) is 0 Å². The predicted molar refractivity (Wildman–Crippen MR) is 140 cm³/mol. The molecule has 0 heterocycles. The van der Waals surface area contributed by atoms with Gasteiger partial charge in [0, 0.05) is 16.8 Å². The molecule has 6 nitrogen and oxygen atoms in total. The smallest absolute Gasteiger partial charge is 0.321 e. The average molecular weight is 460 g/mol. The van der Waals surface area contributed by atoms with Crippen LogP contribution in [0.1, 0.15) is 10.4 Å². The second kappa shape index (κ2) is 9.49. The summed E-state index contributed by atoms with van der Waals surface area (Å²) in [5.41, 5.74) is 1.58. The number of benzene rings is 5. The summed E-state index contributed by atoms with van der Waals surface area (Å²) in [4.78, 5) is 39.8. The first-order valence-corrected chi connectivity index (χ1v) is 11.1. The van der Waals surface area contributed by atoms with Crippen molar-refractivity contribution in [2.45, 2.75) is 0 Å². The van der Waals surface area contributed by atoms with Crippen LogP contribution in [-0.4, -0.2) is 18.3 Å². The number of nitrogens with one attached hydrogen (secondary N) is 2. The van der Waals surface area contributed by atoms with E-state index in [1.165, 1.54) is 0 Å². The third-order valence-corrected chi connectivity index (χ3v) is 5.78. The molecule has 4 amide bonds. The topological polar surface area (TPSA) is 78.5 Å². The maximum Gasteiger partial charge on any atom is 0.332 e. The summed E-state index contributed by atoms with van der Waals surface area (Å²) in [5.74, 6) is -0.424. The van der Waals surface area contributed by atoms with Gasteiger partial charge in [-0.25, -0.2) is 9.69 Å². The summed E-state index contributed by atoms with van der Waals surface area (Å²) in [7, 11) is 0. The van der Waals surface area contributed by atoms with Crippen molar-refractivity contribution in [1.29, 1.82) is 0 Å². The normalized spacial score (nSPS) is 10.6. The minimum atomic E-state index is -0.666. The second-order valence-corrected chi connectivity index (χ2v) is 7.93. The molecule has 0 saturated heterocycles. The third-order valence-electron chi connectivity index (χ3n) is 5.78. The molecule has 35 heavy (non-hydrogen) atoms. The first-order valence-electron chi connectivity index (χ1n) is 11.1. The number of rotatable bonds is 5. The maximum absolute atomic E-state index is 13.7. The molecule has 0 aliphatic rings. The summed E-state index contributed by atoms with van der Waals surface area (Å²) in [6.45, 7) is 0. The molecule has 170 valence electrons. The zero-order valence-corrected chi connectivity index (χ0v) is 18.6. The van der Waals surface area contributed by atoms with Gasteiger partial charge in [-0.3, -0.25) is 9.59 Å². The first kappa shape index (κ1) is 21.9. The van der Waals surface area contributed by atoms with Crippen molar-refractivity contribution < 1.29 is 14.4 Å². The number of nitrogens with zero attached hydrogens (tertiary/aromatic N) is 1. The summed E-state index contributed by atoms with van der Waals surface area (Å²) in [5, 5.41) is 9.01. The van der Waals surface area contributed by atoms with Crippen LogP contribution in [-0.2, 0) is 4.79 Å². The van der Waals surface area contributed by atoms with Crippen LogP contribution in [0.3, 0.4) is 0 Å². The van der Waals surface area contributed by atoms with E-state index >= 15 is 0 Å². The number of amides is 4. The Morgan fingerprint density at radius 3 is 2.00 bits per heavy atom. The van der Waals surface area contributed by atoms with Crippen LogP contribution in [0.15, 0.2) is 109 Å². The van der Waals surface area contributed by atoms with E-state index in [1.807, 2.05) is 66.7 Å². The number of carbonyl (C=O) groups is 3. The van der Waals surface area contributed by atoms with E-state index in [0.717, 1.165) is 21.1 Å². The predicted octanol–water partition coefficient (Wildman–Crippen LogP) is 6.44. The largest absolute Gasteiger partial charge is 0.332 e. The summed E-state index contributed by atoms with van der Waals surface area (Å²) >= 11 is 0. The highest BCUT2D eigenvalue weighted by molar-refractivity contribution is 6.23. The number of carbonyl (C=O) groups excluding carboxylic acids is 3. The van der Waals surface area contributed by atoms with Gasteiger partial charge in [0.2, 0.25) is 6.41 Å². The summed E-state index contributed by atoms with van der Waals surface area (Å²) < 4.78 is 0. The number of anilines is 3. The summed E-state index contributed by atoms with van der Waals surface area (Å²) in [6.07, 6.45) is 0.414. The van der Waals surface area contributed by atoms with Crippen molar-refractivity contribution in [3.8, 4) is 0 Å². The van der Waals surface area contributed by atoms with E-state index in [9.17, 15) is 14.4 Å². The Balaban J connectivity index is 1.59. The van der Waals surface area contributed by atoms with Gasteiger partial charge in [0.1, 0.15) is 0 Å². The van der Waals surface area contributed by atoms with Gasteiger partial charge >= 0.3 is 6.03 Å². The van der Waals surface area contributed by atoms with Gasteiger partial charge in [-0.05, 0) is 40.4 Å². The lowest BCUT2D eigenvalue weighted by Crippen LogP contribution is -2.35. The van der Waals surface area contributed by atoms with E-state index in [0.29, 0.717) is 23.2 Å². The Labute approximate surface area is 201 Å². The van der Waals surface area contributed by atoms with Crippen LogP contribution in [0, 0.1) is 0 Å². The molecule has 2 N–H and O–H groups in total. The Morgan fingerprint density at radius 1 is 0.629 bits per heavy atom. The lowest BCUT2D eigenvalue weighted by molar-refractivity contribution is -0.106. The Kier molecular flexibility index (Phi) is 5.92. The number of para-hydroxylation sites is 1. The third kappa shape index (κ3) is 4.32. The van der Waals surface area contributed by atoms with Crippen LogP contribution in [0.2, 0.25) is 0 Å². The number of urea groups is 1. The molecule has 0 unspecified atom stereocenters. The monoisotopic (exact) mass is 459 g/mol. The summed E-state index contributed by atoms with van der Waals surface area (Å²) in [6, 6.07) is 32.3. The van der Waals surface area contributed by atoms with Gasteiger partial charge in [0.25, 0.3) is 5.91 Å². The van der Waals surface area contributed by atoms with E-state index in [1.54, 1.807) is 42.5 Å². The molecule has 0 spiro atoms. The molecule has 0 fully saturated rings. The fraction of sp³-hybridized carbons (Fsp3) is 0. The molecule has 6 heteroatoms. The van der Waals surface area contributed by atoms with Crippen molar-refractivity contribution in [1.82, 2.24) is 0 Å². The van der Waals surface area contributed by atoms with Crippen molar-refractivity contribution in [3.05, 3.63) is 115 Å². The van der Waals surface area contributed by atoms with Crippen LogP contribution in [0.25, 0.3) is 21.5 Å². The molecule has 5 aromatic rings. The number of hydrogen-bond donors (Lipinski definition) is 2.